The average molecular weight is 373 g/mol. The Morgan fingerprint density at radius 1 is 1.22 bits per heavy atom. The first-order valence-corrected chi connectivity index (χ1v) is 10.3. The first kappa shape index (κ1) is 19.9. The normalized spacial score (nSPS) is 21.3. The average Bonchev–Trinajstić information content (AvgIpc) is 3.07. The summed E-state index contributed by atoms with van der Waals surface area (Å²) in [6.45, 7) is 9.14. The van der Waals surface area contributed by atoms with Crippen molar-refractivity contribution in [3.05, 3.63) is 29.8 Å². The van der Waals surface area contributed by atoms with Crippen molar-refractivity contribution < 1.29 is 14.3 Å². The summed E-state index contributed by atoms with van der Waals surface area (Å²) in [6.07, 6.45) is 3.24. The lowest BCUT2D eigenvalue weighted by Gasteiger charge is -2.33. The minimum absolute atomic E-state index is 0.0596. The Morgan fingerprint density at radius 2 is 1.93 bits per heavy atom. The molecule has 5 nitrogen and oxygen atoms in total. The van der Waals surface area contributed by atoms with Crippen LogP contribution in [0.5, 0.6) is 0 Å². The molecule has 1 atom stereocenters. The van der Waals surface area contributed by atoms with Gasteiger partial charge in [-0.2, -0.15) is 0 Å². The van der Waals surface area contributed by atoms with E-state index in [2.05, 4.69) is 26.8 Å². The monoisotopic (exact) mass is 372 g/mol. The summed E-state index contributed by atoms with van der Waals surface area (Å²) in [4.78, 5) is 29.3. The fraction of sp³-hybridized carbons (Fsp3) is 0.636. The molecule has 3 rings (SSSR count). The van der Waals surface area contributed by atoms with E-state index in [0.717, 1.165) is 50.2 Å². The second-order valence-electron chi connectivity index (χ2n) is 8.14. The van der Waals surface area contributed by atoms with Crippen LogP contribution in [0.1, 0.15) is 45.6 Å². The van der Waals surface area contributed by atoms with Crippen molar-refractivity contribution in [3.63, 3.8) is 0 Å². The molecule has 1 aromatic carbocycles. The maximum atomic E-state index is 13.0. The number of carbonyl (C=O) groups excluding carboxylic acids is 2. The highest BCUT2D eigenvalue weighted by molar-refractivity contribution is 6.00. The summed E-state index contributed by atoms with van der Waals surface area (Å²) in [5.74, 6) is 0.494. The van der Waals surface area contributed by atoms with Gasteiger partial charge in [0.15, 0.2) is 0 Å². The van der Waals surface area contributed by atoms with E-state index in [4.69, 9.17) is 4.74 Å². The Labute approximate surface area is 162 Å². The third-order valence-corrected chi connectivity index (χ3v) is 5.56. The molecule has 0 aliphatic carbocycles. The molecule has 0 aromatic heterocycles. The summed E-state index contributed by atoms with van der Waals surface area (Å²) < 4.78 is 5.92. The second kappa shape index (κ2) is 8.87. The molecule has 1 unspecified atom stereocenters. The van der Waals surface area contributed by atoms with E-state index >= 15 is 0 Å². The Balaban J connectivity index is 1.57. The molecule has 0 spiro atoms. The lowest BCUT2D eigenvalue weighted by Crippen LogP contribution is -2.44. The lowest BCUT2D eigenvalue weighted by atomic mass is 10.0. The number of carbonyl (C=O) groups is 2. The zero-order chi connectivity index (χ0) is 19.4. The molecule has 0 saturated carbocycles. The molecule has 0 bridgehead atoms. The highest BCUT2D eigenvalue weighted by Gasteiger charge is 2.38. The van der Waals surface area contributed by atoms with Crippen LogP contribution in [0.4, 0.5) is 5.69 Å². The van der Waals surface area contributed by atoms with Crippen molar-refractivity contribution >= 4 is 17.5 Å². The van der Waals surface area contributed by atoms with Gasteiger partial charge < -0.3 is 14.5 Å². The van der Waals surface area contributed by atoms with E-state index in [1.807, 2.05) is 23.1 Å². The smallest absolute Gasteiger partial charge is 0.228 e. The minimum Gasteiger partial charge on any atom is -0.378 e. The Morgan fingerprint density at radius 3 is 2.59 bits per heavy atom. The molecule has 27 heavy (non-hydrogen) atoms. The summed E-state index contributed by atoms with van der Waals surface area (Å²) in [5, 5.41) is 0. The van der Waals surface area contributed by atoms with Gasteiger partial charge in [-0.3, -0.25) is 9.59 Å². The number of likely N-dealkylation sites (tertiary alicyclic amines) is 1. The maximum Gasteiger partial charge on any atom is 0.228 e. The van der Waals surface area contributed by atoms with Crippen LogP contribution in [-0.2, 0) is 20.7 Å². The summed E-state index contributed by atoms with van der Waals surface area (Å²) in [5.41, 5.74) is 2.11. The standard InChI is InChI=1S/C22H32N2O3/c1-4-17-7-5-6-8-20(17)24-14-18(13-21(24)25)22(26)23-11-9-19(10-12-23)27-15-16(2)3/h5-8,16,18-19H,4,9-15H2,1-3H3. The van der Waals surface area contributed by atoms with Crippen molar-refractivity contribution in [3.8, 4) is 0 Å². The number of hydrogen-bond acceptors (Lipinski definition) is 3. The molecule has 5 heteroatoms. The molecule has 2 heterocycles. The molecular weight excluding hydrogens is 340 g/mol. The van der Waals surface area contributed by atoms with E-state index < -0.39 is 0 Å². The van der Waals surface area contributed by atoms with E-state index in [0.29, 0.717) is 18.9 Å². The summed E-state index contributed by atoms with van der Waals surface area (Å²) in [6, 6.07) is 8.00. The molecule has 1 aromatic rings. The number of amides is 2. The van der Waals surface area contributed by atoms with Gasteiger partial charge in [-0.05, 0) is 36.8 Å². The van der Waals surface area contributed by atoms with Crippen molar-refractivity contribution in [2.75, 3.05) is 31.1 Å². The topological polar surface area (TPSA) is 49.9 Å². The Hall–Kier alpha value is -1.88. The van der Waals surface area contributed by atoms with Crippen LogP contribution in [0.15, 0.2) is 24.3 Å². The highest BCUT2D eigenvalue weighted by Crippen LogP contribution is 2.30. The van der Waals surface area contributed by atoms with Crippen LogP contribution in [-0.4, -0.2) is 49.1 Å². The molecule has 0 N–H and O–H groups in total. The SMILES string of the molecule is CCc1ccccc1N1CC(C(=O)N2CCC(OCC(C)C)CC2)CC1=O. The largest absolute Gasteiger partial charge is 0.378 e. The molecule has 2 saturated heterocycles. The van der Waals surface area contributed by atoms with Gasteiger partial charge in [-0.25, -0.2) is 0 Å². The van der Waals surface area contributed by atoms with Gasteiger partial charge in [0.2, 0.25) is 11.8 Å². The zero-order valence-corrected chi connectivity index (χ0v) is 16.8. The fourth-order valence-electron chi connectivity index (χ4n) is 4.01. The molecule has 2 fully saturated rings. The first-order valence-electron chi connectivity index (χ1n) is 10.3. The van der Waals surface area contributed by atoms with Crippen LogP contribution in [0.3, 0.4) is 0 Å². The first-order chi connectivity index (χ1) is 13.0. The fourth-order valence-corrected chi connectivity index (χ4v) is 4.01. The van der Waals surface area contributed by atoms with E-state index in [1.54, 1.807) is 4.90 Å². The van der Waals surface area contributed by atoms with Crippen LogP contribution >= 0.6 is 0 Å². The number of para-hydroxylation sites is 1. The van der Waals surface area contributed by atoms with Gasteiger partial charge in [0.05, 0.1) is 12.0 Å². The number of hydrogen-bond donors (Lipinski definition) is 0. The number of piperidine rings is 1. The maximum absolute atomic E-state index is 13.0. The van der Waals surface area contributed by atoms with E-state index in [1.165, 1.54) is 0 Å². The molecule has 2 aliphatic heterocycles. The molecule has 0 radical (unpaired) electrons. The Kier molecular flexibility index (Phi) is 6.53. The second-order valence-corrected chi connectivity index (χ2v) is 8.14. The number of rotatable bonds is 6. The summed E-state index contributed by atoms with van der Waals surface area (Å²) in [7, 11) is 0. The third-order valence-electron chi connectivity index (χ3n) is 5.56. The van der Waals surface area contributed by atoms with Gasteiger partial charge in [0, 0.05) is 38.3 Å². The molecular formula is C22H32N2O3. The molecule has 148 valence electrons. The van der Waals surface area contributed by atoms with Gasteiger partial charge >= 0.3 is 0 Å². The van der Waals surface area contributed by atoms with Crippen molar-refractivity contribution in [1.29, 1.82) is 0 Å². The Bertz CT molecular complexity index is 665. The van der Waals surface area contributed by atoms with E-state index in [9.17, 15) is 9.59 Å². The zero-order valence-electron chi connectivity index (χ0n) is 16.8. The van der Waals surface area contributed by atoms with Crippen LogP contribution in [0, 0.1) is 11.8 Å². The number of nitrogens with zero attached hydrogens (tertiary/aromatic N) is 2. The highest BCUT2D eigenvalue weighted by atomic mass is 16.5. The van der Waals surface area contributed by atoms with Gasteiger partial charge in [0.25, 0.3) is 0 Å². The number of ether oxygens (including phenoxy) is 1. The van der Waals surface area contributed by atoms with Gasteiger partial charge in [0.1, 0.15) is 0 Å². The van der Waals surface area contributed by atoms with Gasteiger partial charge in [-0.15, -0.1) is 0 Å². The van der Waals surface area contributed by atoms with Crippen molar-refractivity contribution in [2.24, 2.45) is 11.8 Å². The van der Waals surface area contributed by atoms with E-state index in [-0.39, 0.29) is 23.8 Å². The van der Waals surface area contributed by atoms with Gasteiger partial charge in [-0.1, -0.05) is 39.0 Å². The number of benzene rings is 1. The quantitative estimate of drug-likeness (QED) is 0.770. The predicted octanol–water partition coefficient (Wildman–Crippen LogP) is 3.27. The lowest BCUT2D eigenvalue weighted by molar-refractivity contribution is -0.138. The number of anilines is 1. The molecule has 2 amide bonds. The van der Waals surface area contributed by atoms with Crippen LogP contribution in [0.2, 0.25) is 0 Å². The number of aryl methyl sites for hydroxylation is 1. The minimum atomic E-state index is -0.226. The third kappa shape index (κ3) is 4.70. The van der Waals surface area contributed by atoms with Crippen molar-refractivity contribution in [2.45, 2.75) is 52.6 Å². The van der Waals surface area contributed by atoms with Crippen LogP contribution in [0.25, 0.3) is 0 Å². The van der Waals surface area contributed by atoms with Crippen LogP contribution < -0.4 is 4.90 Å². The summed E-state index contributed by atoms with van der Waals surface area (Å²) >= 11 is 0. The predicted molar refractivity (Wildman–Crippen MR) is 107 cm³/mol. The molecule has 2 aliphatic rings. The van der Waals surface area contributed by atoms with Crippen molar-refractivity contribution in [1.82, 2.24) is 4.90 Å².